The van der Waals surface area contributed by atoms with E-state index < -0.39 is 0 Å². The standard InChI is InChI=1S/C17H24N4/c1-20(17-9-5-6-14(17)12-18)13-15-10-11-21(19-15)16-7-3-2-4-8-16/h2-4,7-8,10-11,14,17H,5-6,9,12-13,18H2,1H3. The average molecular weight is 284 g/mol. The zero-order chi connectivity index (χ0) is 14.7. The van der Waals surface area contributed by atoms with Gasteiger partial charge in [-0.15, -0.1) is 0 Å². The summed E-state index contributed by atoms with van der Waals surface area (Å²) in [5.74, 6) is 0.645. The number of hydrogen-bond donors (Lipinski definition) is 1. The smallest absolute Gasteiger partial charge is 0.0769 e. The summed E-state index contributed by atoms with van der Waals surface area (Å²) in [5, 5.41) is 4.69. The minimum Gasteiger partial charge on any atom is -0.330 e. The fourth-order valence-electron chi connectivity index (χ4n) is 3.42. The summed E-state index contributed by atoms with van der Waals surface area (Å²) in [6.45, 7) is 1.69. The topological polar surface area (TPSA) is 47.1 Å². The maximum absolute atomic E-state index is 5.89. The molecule has 2 atom stereocenters. The Kier molecular flexibility index (Phi) is 4.36. The summed E-state index contributed by atoms with van der Waals surface area (Å²) < 4.78 is 1.94. The van der Waals surface area contributed by atoms with Gasteiger partial charge in [-0.1, -0.05) is 24.6 Å². The average Bonchev–Trinajstić information content (AvgIpc) is 3.16. The largest absolute Gasteiger partial charge is 0.330 e. The number of rotatable bonds is 5. The maximum atomic E-state index is 5.89. The first-order valence-corrected chi connectivity index (χ1v) is 7.78. The van der Waals surface area contributed by atoms with E-state index in [-0.39, 0.29) is 0 Å². The predicted octanol–water partition coefficient (Wildman–Crippen LogP) is 2.43. The van der Waals surface area contributed by atoms with E-state index >= 15 is 0 Å². The van der Waals surface area contributed by atoms with Crippen LogP contribution in [0.5, 0.6) is 0 Å². The van der Waals surface area contributed by atoms with Crippen LogP contribution in [0.15, 0.2) is 42.6 Å². The van der Waals surface area contributed by atoms with Crippen molar-refractivity contribution in [2.45, 2.75) is 31.8 Å². The van der Waals surface area contributed by atoms with Crippen LogP contribution in [0.4, 0.5) is 0 Å². The van der Waals surface area contributed by atoms with Gasteiger partial charge in [0, 0.05) is 18.8 Å². The molecular formula is C17H24N4. The van der Waals surface area contributed by atoms with Gasteiger partial charge in [0.25, 0.3) is 0 Å². The fourth-order valence-corrected chi connectivity index (χ4v) is 3.42. The van der Waals surface area contributed by atoms with Crippen molar-refractivity contribution in [2.24, 2.45) is 11.7 Å². The van der Waals surface area contributed by atoms with E-state index in [0.717, 1.165) is 24.5 Å². The van der Waals surface area contributed by atoms with Gasteiger partial charge in [0.2, 0.25) is 0 Å². The molecule has 0 amide bonds. The lowest BCUT2D eigenvalue weighted by molar-refractivity contribution is 0.190. The lowest BCUT2D eigenvalue weighted by Crippen LogP contribution is -2.37. The van der Waals surface area contributed by atoms with Gasteiger partial charge in [-0.2, -0.15) is 5.10 Å². The van der Waals surface area contributed by atoms with Crippen LogP contribution in [0.2, 0.25) is 0 Å². The summed E-state index contributed by atoms with van der Waals surface area (Å²) in [6, 6.07) is 13.0. The van der Waals surface area contributed by atoms with Gasteiger partial charge < -0.3 is 5.73 Å². The minimum absolute atomic E-state index is 0.608. The van der Waals surface area contributed by atoms with Crippen molar-refractivity contribution in [1.82, 2.24) is 14.7 Å². The van der Waals surface area contributed by atoms with Crippen LogP contribution >= 0.6 is 0 Å². The number of nitrogens with zero attached hydrogens (tertiary/aromatic N) is 3. The molecule has 0 radical (unpaired) electrons. The molecule has 0 saturated heterocycles. The molecule has 0 aliphatic heterocycles. The lowest BCUT2D eigenvalue weighted by atomic mass is 10.0. The zero-order valence-corrected chi connectivity index (χ0v) is 12.7. The van der Waals surface area contributed by atoms with E-state index in [9.17, 15) is 0 Å². The van der Waals surface area contributed by atoms with Crippen molar-refractivity contribution in [3.63, 3.8) is 0 Å². The Hall–Kier alpha value is -1.65. The maximum Gasteiger partial charge on any atom is 0.0769 e. The molecular weight excluding hydrogens is 260 g/mol. The first kappa shape index (κ1) is 14.3. The van der Waals surface area contributed by atoms with Crippen LogP contribution in [-0.4, -0.2) is 34.3 Å². The van der Waals surface area contributed by atoms with Gasteiger partial charge in [-0.05, 0) is 50.6 Å². The molecule has 1 aliphatic carbocycles. The summed E-state index contributed by atoms with van der Waals surface area (Å²) in [5.41, 5.74) is 8.11. The molecule has 0 bridgehead atoms. The van der Waals surface area contributed by atoms with Crippen LogP contribution in [0.1, 0.15) is 25.0 Å². The minimum atomic E-state index is 0.608. The van der Waals surface area contributed by atoms with Gasteiger partial charge in [-0.3, -0.25) is 4.90 Å². The number of benzene rings is 1. The quantitative estimate of drug-likeness (QED) is 0.917. The Balaban J connectivity index is 1.67. The molecule has 4 heteroatoms. The molecule has 1 aromatic carbocycles. The Morgan fingerprint density at radius 2 is 2.05 bits per heavy atom. The van der Waals surface area contributed by atoms with E-state index in [1.165, 1.54) is 19.3 Å². The number of para-hydroxylation sites is 1. The van der Waals surface area contributed by atoms with E-state index in [2.05, 4.69) is 35.2 Å². The Bertz CT molecular complexity index is 563. The monoisotopic (exact) mass is 284 g/mol. The van der Waals surface area contributed by atoms with E-state index in [1.807, 2.05) is 29.1 Å². The molecule has 4 nitrogen and oxygen atoms in total. The van der Waals surface area contributed by atoms with Crippen molar-refractivity contribution in [3.8, 4) is 5.69 Å². The fraction of sp³-hybridized carbons (Fsp3) is 0.471. The molecule has 2 unspecified atom stereocenters. The van der Waals surface area contributed by atoms with Crippen LogP contribution < -0.4 is 5.73 Å². The van der Waals surface area contributed by atoms with Crippen LogP contribution in [0.3, 0.4) is 0 Å². The molecule has 1 saturated carbocycles. The molecule has 112 valence electrons. The first-order chi connectivity index (χ1) is 10.3. The third-order valence-electron chi connectivity index (χ3n) is 4.56. The SMILES string of the molecule is CN(Cc1ccn(-c2ccccc2)n1)C1CCCC1CN. The molecule has 0 spiro atoms. The summed E-state index contributed by atoms with van der Waals surface area (Å²) in [6.07, 6.45) is 5.87. The zero-order valence-electron chi connectivity index (χ0n) is 12.7. The molecule has 1 fully saturated rings. The Morgan fingerprint density at radius 1 is 1.24 bits per heavy atom. The van der Waals surface area contributed by atoms with Crippen LogP contribution in [0.25, 0.3) is 5.69 Å². The normalized spacial score (nSPS) is 22.0. The highest BCUT2D eigenvalue weighted by Gasteiger charge is 2.29. The molecule has 3 rings (SSSR count). The summed E-state index contributed by atoms with van der Waals surface area (Å²) in [4.78, 5) is 2.42. The lowest BCUT2D eigenvalue weighted by Gasteiger charge is -2.28. The summed E-state index contributed by atoms with van der Waals surface area (Å²) >= 11 is 0. The third kappa shape index (κ3) is 3.17. The summed E-state index contributed by atoms with van der Waals surface area (Å²) in [7, 11) is 2.19. The van der Waals surface area contributed by atoms with Crippen LogP contribution in [0, 0.1) is 5.92 Å². The first-order valence-electron chi connectivity index (χ1n) is 7.78. The highest BCUT2D eigenvalue weighted by atomic mass is 15.3. The van der Waals surface area contributed by atoms with E-state index in [4.69, 9.17) is 5.73 Å². The van der Waals surface area contributed by atoms with E-state index in [1.54, 1.807) is 0 Å². The van der Waals surface area contributed by atoms with Crippen molar-refractivity contribution in [2.75, 3.05) is 13.6 Å². The van der Waals surface area contributed by atoms with Gasteiger partial charge in [0.1, 0.15) is 0 Å². The Labute approximate surface area is 126 Å². The Morgan fingerprint density at radius 3 is 2.81 bits per heavy atom. The van der Waals surface area contributed by atoms with Gasteiger partial charge >= 0.3 is 0 Å². The second-order valence-corrected chi connectivity index (χ2v) is 6.00. The van der Waals surface area contributed by atoms with Crippen molar-refractivity contribution in [1.29, 1.82) is 0 Å². The number of hydrogen-bond acceptors (Lipinski definition) is 3. The molecule has 2 N–H and O–H groups in total. The predicted molar refractivity (Wildman–Crippen MR) is 85.2 cm³/mol. The van der Waals surface area contributed by atoms with Crippen molar-refractivity contribution in [3.05, 3.63) is 48.3 Å². The second kappa shape index (κ2) is 6.41. The highest BCUT2D eigenvalue weighted by Crippen LogP contribution is 2.29. The molecule has 2 aromatic rings. The third-order valence-corrected chi connectivity index (χ3v) is 4.56. The van der Waals surface area contributed by atoms with E-state index in [0.29, 0.717) is 12.0 Å². The van der Waals surface area contributed by atoms with Crippen molar-refractivity contribution >= 4 is 0 Å². The van der Waals surface area contributed by atoms with Crippen molar-refractivity contribution < 1.29 is 0 Å². The van der Waals surface area contributed by atoms with Crippen LogP contribution in [-0.2, 0) is 6.54 Å². The number of aromatic nitrogens is 2. The second-order valence-electron chi connectivity index (χ2n) is 6.00. The molecule has 1 heterocycles. The number of nitrogens with two attached hydrogens (primary N) is 1. The van der Waals surface area contributed by atoms with Gasteiger partial charge in [0.15, 0.2) is 0 Å². The molecule has 1 aromatic heterocycles. The molecule has 1 aliphatic rings. The highest BCUT2D eigenvalue weighted by molar-refractivity contribution is 5.30. The molecule has 21 heavy (non-hydrogen) atoms. The van der Waals surface area contributed by atoms with Gasteiger partial charge in [-0.25, -0.2) is 4.68 Å². The van der Waals surface area contributed by atoms with Gasteiger partial charge in [0.05, 0.1) is 11.4 Å².